The summed E-state index contributed by atoms with van der Waals surface area (Å²) in [5.41, 5.74) is 1.15. The Morgan fingerprint density at radius 3 is 2.73 bits per heavy atom. The summed E-state index contributed by atoms with van der Waals surface area (Å²) in [4.78, 5) is 8.87. The SMILES string of the molecule is CN=C(NCc1nc(C(C)(C)C)cs1)NCC(C)Oc1cccc(F)c1. The van der Waals surface area contributed by atoms with E-state index in [0.717, 1.165) is 10.7 Å². The molecule has 1 atom stereocenters. The van der Waals surface area contributed by atoms with Gasteiger partial charge in [-0.2, -0.15) is 0 Å². The number of nitrogens with one attached hydrogen (secondary N) is 2. The van der Waals surface area contributed by atoms with E-state index in [4.69, 9.17) is 4.74 Å². The molecule has 0 aliphatic carbocycles. The molecule has 142 valence electrons. The summed E-state index contributed by atoms with van der Waals surface area (Å²) < 4.78 is 18.9. The zero-order valence-corrected chi connectivity index (χ0v) is 16.8. The van der Waals surface area contributed by atoms with Crippen LogP contribution in [0.2, 0.25) is 0 Å². The second kappa shape index (κ2) is 8.98. The van der Waals surface area contributed by atoms with Crippen LogP contribution in [0.3, 0.4) is 0 Å². The Hall–Kier alpha value is -2.15. The molecule has 0 bridgehead atoms. The van der Waals surface area contributed by atoms with Gasteiger partial charge in [0.2, 0.25) is 0 Å². The van der Waals surface area contributed by atoms with Gasteiger partial charge in [0, 0.05) is 23.9 Å². The lowest BCUT2D eigenvalue weighted by molar-refractivity contribution is 0.223. The van der Waals surface area contributed by atoms with Crippen LogP contribution in [0.1, 0.15) is 38.4 Å². The summed E-state index contributed by atoms with van der Waals surface area (Å²) in [7, 11) is 1.72. The van der Waals surface area contributed by atoms with Crippen LogP contribution < -0.4 is 15.4 Å². The maximum absolute atomic E-state index is 13.2. The molecule has 0 aliphatic heterocycles. The molecular weight excluding hydrogens is 351 g/mol. The van der Waals surface area contributed by atoms with Crippen LogP contribution in [-0.4, -0.2) is 30.6 Å². The Kier molecular flexibility index (Phi) is 6.97. The molecule has 2 aromatic rings. The highest BCUT2D eigenvalue weighted by Crippen LogP contribution is 2.23. The van der Waals surface area contributed by atoms with Gasteiger partial charge in [-0.1, -0.05) is 26.8 Å². The van der Waals surface area contributed by atoms with E-state index in [1.54, 1.807) is 30.5 Å². The Bertz CT molecular complexity index is 739. The third-order valence-corrected chi connectivity index (χ3v) is 4.49. The predicted octanol–water partition coefficient (Wildman–Crippen LogP) is 3.71. The van der Waals surface area contributed by atoms with Crippen molar-refractivity contribution in [3.63, 3.8) is 0 Å². The highest BCUT2D eigenvalue weighted by atomic mass is 32.1. The van der Waals surface area contributed by atoms with E-state index in [-0.39, 0.29) is 17.3 Å². The molecular formula is C19H27FN4OS. The summed E-state index contributed by atoms with van der Waals surface area (Å²) in [6.07, 6.45) is -0.136. The number of aromatic nitrogens is 1. The Labute approximate surface area is 158 Å². The van der Waals surface area contributed by atoms with Crippen molar-refractivity contribution in [2.24, 2.45) is 4.99 Å². The van der Waals surface area contributed by atoms with Crippen LogP contribution in [0, 0.1) is 5.82 Å². The molecule has 0 saturated heterocycles. The fourth-order valence-electron chi connectivity index (χ4n) is 2.17. The maximum atomic E-state index is 13.2. The van der Waals surface area contributed by atoms with Crippen molar-refractivity contribution in [2.45, 2.75) is 45.8 Å². The van der Waals surface area contributed by atoms with Gasteiger partial charge in [-0.15, -0.1) is 11.3 Å². The van der Waals surface area contributed by atoms with Gasteiger partial charge in [-0.05, 0) is 19.1 Å². The fraction of sp³-hybridized carbons (Fsp3) is 0.474. The van der Waals surface area contributed by atoms with E-state index in [1.807, 2.05) is 6.92 Å². The first-order chi connectivity index (χ1) is 12.3. The third-order valence-electron chi connectivity index (χ3n) is 3.64. The molecule has 0 fully saturated rings. The molecule has 0 spiro atoms. The molecule has 7 heteroatoms. The Morgan fingerprint density at radius 1 is 1.35 bits per heavy atom. The van der Waals surface area contributed by atoms with Crippen LogP contribution in [-0.2, 0) is 12.0 Å². The Balaban J connectivity index is 1.79. The van der Waals surface area contributed by atoms with Gasteiger partial charge in [0.15, 0.2) is 5.96 Å². The third kappa shape index (κ3) is 6.29. The zero-order valence-electron chi connectivity index (χ0n) is 16.0. The van der Waals surface area contributed by atoms with Gasteiger partial charge in [-0.3, -0.25) is 4.99 Å². The number of guanidine groups is 1. The second-order valence-electron chi connectivity index (χ2n) is 7.07. The van der Waals surface area contributed by atoms with Gasteiger partial charge >= 0.3 is 0 Å². The zero-order chi connectivity index (χ0) is 19.2. The number of aliphatic imine (C=N–C) groups is 1. The fourth-order valence-corrected chi connectivity index (χ4v) is 3.13. The number of benzene rings is 1. The molecule has 1 heterocycles. The van der Waals surface area contributed by atoms with Crippen molar-refractivity contribution < 1.29 is 9.13 Å². The molecule has 26 heavy (non-hydrogen) atoms. The summed E-state index contributed by atoms with van der Waals surface area (Å²) >= 11 is 1.64. The van der Waals surface area contributed by atoms with Gasteiger partial charge in [0.1, 0.15) is 22.7 Å². The monoisotopic (exact) mass is 378 g/mol. The van der Waals surface area contributed by atoms with Crippen LogP contribution >= 0.6 is 11.3 Å². The number of hydrogen-bond donors (Lipinski definition) is 2. The minimum Gasteiger partial charge on any atom is -0.489 e. The van der Waals surface area contributed by atoms with E-state index < -0.39 is 0 Å². The lowest BCUT2D eigenvalue weighted by Crippen LogP contribution is -2.41. The molecule has 1 aromatic carbocycles. The van der Waals surface area contributed by atoms with E-state index in [2.05, 4.69) is 46.8 Å². The lowest BCUT2D eigenvalue weighted by atomic mass is 9.93. The average Bonchev–Trinajstić information content (AvgIpc) is 3.04. The minimum absolute atomic E-state index is 0.0539. The number of ether oxygens (including phenoxy) is 1. The quantitative estimate of drug-likeness (QED) is 0.594. The van der Waals surface area contributed by atoms with Crippen molar-refractivity contribution >= 4 is 17.3 Å². The van der Waals surface area contributed by atoms with E-state index in [1.165, 1.54) is 12.1 Å². The highest BCUT2D eigenvalue weighted by Gasteiger charge is 2.17. The molecule has 0 radical (unpaired) electrons. The van der Waals surface area contributed by atoms with Gasteiger partial charge < -0.3 is 15.4 Å². The minimum atomic E-state index is -0.307. The second-order valence-corrected chi connectivity index (χ2v) is 8.01. The van der Waals surface area contributed by atoms with Crippen molar-refractivity contribution in [2.75, 3.05) is 13.6 Å². The van der Waals surface area contributed by atoms with E-state index >= 15 is 0 Å². The molecule has 2 rings (SSSR count). The number of thiazole rings is 1. The lowest BCUT2D eigenvalue weighted by Gasteiger charge is -2.17. The molecule has 0 saturated carbocycles. The molecule has 0 amide bonds. The van der Waals surface area contributed by atoms with Crippen molar-refractivity contribution in [1.29, 1.82) is 0 Å². The largest absolute Gasteiger partial charge is 0.489 e. The maximum Gasteiger partial charge on any atom is 0.191 e. The topological polar surface area (TPSA) is 58.5 Å². The van der Waals surface area contributed by atoms with Crippen molar-refractivity contribution in [3.05, 3.63) is 46.2 Å². The number of rotatable bonds is 6. The molecule has 1 aromatic heterocycles. The van der Waals surface area contributed by atoms with Crippen molar-refractivity contribution in [3.8, 4) is 5.75 Å². The number of nitrogens with zero attached hydrogens (tertiary/aromatic N) is 2. The molecule has 2 N–H and O–H groups in total. The Morgan fingerprint density at radius 2 is 2.12 bits per heavy atom. The first-order valence-corrected chi connectivity index (χ1v) is 9.47. The smallest absolute Gasteiger partial charge is 0.191 e. The normalized spacial score (nSPS) is 13.4. The standard InChI is InChI=1S/C19H27FN4OS/c1-13(25-15-8-6-7-14(20)9-15)10-22-18(21-5)23-11-17-24-16(12-26-17)19(2,3)4/h6-9,12-13H,10-11H2,1-5H3,(H2,21,22,23). The van der Waals surface area contributed by atoms with Gasteiger partial charge in [0.05, 0.1) is 18.8 Å². The van der Waals surface area contributed by atoms with Crippen LogP contribution in [0.25, 0.3) is 0 Å². The van der Waals surface area contributed by atoms with Crippen molar-refractivity contribution in [1.82, 2.24) is 15.6 Å². The summed E-state index contributed by atoms with van der Waals surface area (Å²) in [6.45, 7) is 9.53. The first-order valence-electron chi connectivity index (χ1n) is 8.59. The summed E-state index contributed by atoms with van der Waals surface area (Å²) in [6, 6.07) is 6.14. The number of hydrogen-bond acceptors (Lipinski definition) is 4. The van der Waals surface area contributed by atoms with Crippen LogP contribution in [0.4, 0.5) is 4.39 Å². The summed E-state index contributed by atoms with van der Waals surface area (Å²) in [5, 5.41) is 9.57. The van der Waals surface area contributed by atoms with E-state index in [0.29, 0.717) is 24.8 Å². The summed E-state index contributed by atoms with van der Waals surface area (Å²) in [5.74, 6) is 0.880. The highest BCUT2D eigenvalue weighted by molar-refractivity contribution is 7.09. The number of halogens is 1. The first kappa shape index (κ1) is 20.2. The predicted molar refractivity (Wildman–Crippen MR) is 106 cm³/mol. The molecule has 1 unspecified atom stereocenters. The van der Waals surface area contributed by atoms with Crippen LogP contribution in [0.15, 0.2) is 34.6 Å². The van der Waals surface area contributed by atoms with E-state index in [9.17, 15) is 4.39 Å². The average molecular weight is 379 g/mol. The van der Waals surface area contributed by atoms with Gasteiger partial charge in [0.25, 0.3) is 0 Å². The molecule has 0 aliphatic rings. The van der Waals surface area contributed by atoms with Crippen LogP contribution in [0.5, 0.6) is 5.75 Å². The van der Waals surface area contributed by atoms with Gasteiger partial charge in [-0.25, -0.2) is 9.37 Å². The molecule has 5 nitrogen and oxygen atoms in total.